The van der Waals surface area contributed by atoms with Crippen molar-refractivity contribution in [2.24, 2.45) is 5.73 Å². The number of halogens is 1. The normalized spacial score (nSPS) is 19.6. The first-order valence-electron chi connectivity index (χ1n) is 5.64. The van der Waals surface area contributed by atoms with E-state index in [1.807, 2.05) is 4.90 Å². The van der Waals surface area contributed by atoms with E-state index in [1.165, 1.54) is 12.1 Å². The van der Waals surface area contributed by atoms with Gasteiger partial charge in [0.1, 0.15) is 16.8 Å². The summed E-state index contributed by atoms with van der Waals surface area (Å²) in [6.45, 7) is 2.99. The van der Waals surface area contributed by atoms with Crippen molar-refractivity contribution in [2.45, 2.75) is 13.0 Å². The second kappa shape index (κ2) is 4.89. The Bertz CT molecular complexity index is 506. The molecule has 0 aliphatic carbocycles. The van der Waals surface area contributed by atoms with Gasteiger partial charge in [0, 0.05) is 24.3 Å². The fraction of sp³-hybridized carbons (Fsp3) is 0.333. The molecule has 0 radical (unpaired) electrons. The number of carbonyl (C=O) groups is 1. The number of rotatable bonds is 2. The molecule has 1 aromatic carbocycles. The minimum atomic E-state index is -0.393. The van der Waals surface area contributed by atoms with Gasteiger partial charge in [-0.3, -0.25) is 4.79 Å². The van der Waals surface area contributed by atoms with E-state index in [-0.39, 0.29) is 16.9 Å². The van der Waals surface area contributed by atoms with Crippen LogP contribution in [0.1, 0.15) is 12.5 Å². The molecular weight excluding hydrogens is 253 g/mol. The predicted octanol–water partition coefficient (Wildman–Crippen LogP) is 0.785. The molecule has 6 heteroatoms. The molecule has 1 unspecified atom stereocenters. The first-order chi connectivity index (χ1) is 8.50. The standard InChI is InChI=1S/C12H14FN3OS/c1-7-12(17)15-4-5-16(7)10-3-2-8(13)6-9(10)11(14)18/h2-3,6-7H,4-5H2,1H3,(H2,14,18)(H,15,17). The van der Waals surface area contributed by atoms with Crippen LogP contribution in [-0.4, -0.2) is 30.0 Å². The zero-order chi connectivity index (χ0) is 13.3. The molecule has 1 heterocycles. The third-order valence-electron chi connectivity index (χ3n) is 3.03. The number of hydrogen-bond donors (Lipinski definition) is 2. The summed E-state index contributed by atoms with van der Waals surface area (Å²) in [5.41, 5.74) is 6.77. The second-order valence-electron chi connectivity index (χ2n) is 4.19. The number of nitrogens with two attached hydrogens (primary N) is 1. The van der Waals surface area contributed by atoms with Crippen LogP contribution in [0.15, 0.2) is 18.2 Å². The van der Waals surface area contributed by atoms with Gasteiger partial charge in [-0.2, -0.15) is 0 Å². The third-order valence-corrected chi connectivity index (χ3v) is 3.25. The number of thiocarbonyl (C=S) groups is 1. The first kappa shape index (κ1) is 12.8. The Labute approximate surface area is 110 Å². The highest BCUT2D eigenvalue weighted by atomic mass is 32.1. The van der Waals surface area contributed by atoms with Gasteiger partial charge in [0.05, 0.1) is 0 Å². The van der Waals surface area contributed by atoms with E-state index in [0.29, 0.717) is 24.3 Å². The summed E-state index contributed by atoms with van der Waals surface area (Å²) in [5, 5.41) is 2.77. The van der Waals surface area contributed by atoms with E-state index in [4.69, 9.17) is 18.0 Å². The van der Waals surface area contributed by atoms with Crippen LogP contribution in [0.4, 0.5) is 10.1 Å². The third kappa shape index (κ3) is 2.28. The molecule has 1 fully saturated rings. The largest absolute Gasteiger partial charge is 0.389 e. The van der Waals surface area contributed by atoms with Crippen molar-refractivity contribution in [1.29, 1.82) is 0 Å². The molecule has 0 aromatic heterocycles. The average Bonchev–Trinajstić information content (AvgIpc) is 2.33. The summed E-state index contributed by atoms with van der Waals surface area (Å²) in [6, 6.07) is 3.93. The van der Waals surface area contributed by atoms with Crippen LogP contribution in [0.5, 0.6) is 0 Å². The minimum absolute atomic E-state index is 0.0561. The Morgan fingerprint density at radius 1 is 1.61 bits per heavy atom. The lowest BCUT2D eigenvalue weighted by molar-refractivity contribution is -0.122. The lowest BCUT2D eigenvalue weighted by Gasteiger charge is -2.35. The van der Waals surface area contributed by atoms with Crippen molar-refractivity contribution >= 4 is 28.8 Å². The highest BCUT2D eigenvalue weighted by Crippen LogP contribution is 2.24. The van der Waals surface area contributed by atoms with Gasteiger partial charge < -0.3 is 16.0 Å². The Balaban J connectivity index is 2.43. The monoisotopic (exact) mass is 267 g/mol. The fourth-order valence-corrected chi connectivity index (χ4v) is 2.23. The molecule has 1 amide bonds. The average molecular weight is 267 g/mol. The molecular formula is C12H14FN3OS. The van der Waals surface area contributed by atoms with Gasteiger partial charge in [-0.25, -0.2) is 4.39 Å². The number of carbonyl (C=O) groups excluding carboxylic acids is 1. The maximum absolute atomic E-state index is 13.2. The van der Waals surface area contributed by atoms with Crippen molar-refractivity contribution in [1.82, 2.24) is 5.32 Å². The van der Waals surface area contributed by atoms with E-state index in [0.717, 1.165) is 0 Å². The summed E-state index contributed by atoms with van der Waals surface area (Å²) in [4.78, 5) is 13.6. The summed E-state index contributed by atoms with van der Waals surface area (Å²) in [6.07, 6.45) is 0. The molecule has 1 aliphatic heterocycles. The topological polar surface area (TPSA) is 58.4 Å². The molecule has 1 saturated heterocycles. The van der Waals surface area contributed by atoms with E-state index in [9.17, 15) is 9.18 Å². The highest BCUT2D eigenvalue weighted by molar-refractivity contribution is 7.80. The van der Waals surface area contributed by atoms with Gasteiger partial charge in [-0.15, -0.1) is 0 Å². The van der Waals surface area contributed by atoms with Gasteiger partial charge in [0.25, 0.3) is 0 Å². The fourth-order valence-electron chi connectivity index (χ4n) is 2.07. The molecule has 0 spiro atoms. The Hall–Kier alpha value is -1.69. The van der Waals surface area contributed by atoms with Crippen molar-refractivity contribution < 1.29 is 9.18 Å². The first-order valence-corrected chi connectivity index (χ1v) is 6.05. The predicted molar refractivity (Wildman–Crippen MR) is 72.1 cm³/mol. The Morgan fingerprint density at radius 3 is 3.00 bits per heavy atom. The molecule has 96 valence electrons. The van der Waals surface area contributed by atoms with Crippen LogP contribution in [-0.2, 0) is 4.79 Å². The molecule has 3 N–H and O–H groups in total. The van der Waals surface area contributed by atoms with Gasteiger partial charge in [-0.05, 0) is 25.1 Å². The van der Waals surface area contributed by atoms with Crippen LogP contribution >= 0.6 is 12.2 Å². The van der Waals surface area contributed by atoms with Crippen LogP contribution in [0.3, 0.4) is 0 Å². The van der Waals surface area contributed by atoms with Gasteiger partial charge in [0.2, 0.25) is 5.91 Å². The van der Waals surface area contributed by atoms with E-state index in [1.54, 1.807) is 13.0 Å². The lowest BCUT2D eigenvalue weighted by Crippen LogP contribution is -2.54. The van der Waals surface area contributed by atoms with Gasteiger partial charge in [0.15, 0.2) is 0 Å². The van der Waals surface area contributed by atoms with Gasteiger partial charge >= 0.3 is 0 Å². The van der Waals surface area contributed by atoms with Crippen molar-refractivity contribution in [3.05, 3.63) is 29.6 Å². The SMILES string of the molecule is CC1C(=O)NCCN1c1ccc(F)cc1C(N)=S. The van der Waals surface area contributed by atoms with Crippen molar-refractivity contribution in [3.63, 3.8) is 0 Å². The van der Waals surface area contributed by atoms with Crippen LogP contribution in [0.25, 0.3) is 0 Å². The lowest BCUT2D eigenvalue weighted by atomic mass is 10.1. The Morgan fingerprint density at radius 2 is 2.33 bits per heavy atom. The number of amides is 1. The molecule has 18 heavy (non-hydrogen) atoms. The smallest absolute Gasteiger partial charge is 0.242 e. The summed E-state index contributed by atoms with van der Waals surface area (Å²) in [5.74, 6) is -0.449. The van der Waals surface area contributed by atoms with Gasteiger partial charge in [-0.1, -0.05) is 12.2 Å². The summed E-state index contributed by atoms with van der Waals surface area (Å²) >= 11 is 4.93. The second-order valence-corrected chi connectivity index (χ2v) is 4.63. The minimum Gasteiger partial charge on any atom is -0.389 e. The zero-order valence-electron chi connectivity index (χ0n) is 9.94. The number of piperazine rings is 1. The number of hydrogen-bond acceptors (Lipinski definition) is 3. The number of nitrogens with one attached hydrogen (secondary N) is 1. The molecule has 2 rings (SSSR count). The molecule has 4 nitrogen and oxygen atoms in total. The maximum atomic E-state index is 13.2. The van der Waals surface area contributed by atoms with E-state index >= 15 is 0 Å². The highest BCUT2D eigenvalue weighted by Gasteiger charge is 2.27. The Kier molecular flexibility index (Phi) is 3.47. The number of anilines is 1. The van der Waals surface area contributed by atoms with E-state index in [2.05, 4.69) is 5.32 Å². The zero-order valence-corrected chi connectivity index (χ0v) is 10.8. The molecule has 1 atom stereocenters. The van der Waals surface area contributed by atoms with Crippen LogP contribution < -0.4 is 16.0 Å². The molecule has 1 aromatic rings. The molecule has 0 bridgehead atoms. The summed E-state index contributed by atoms with van der Waals surface area (Å²) < 4.78 is 13.2. The van der Waals surface area contributed by atoms with E-state index < -0.39 is 5.82 Å². The molecule has 0 saturated carbocycles. The maximum Gasteiger partial charge on any atom is 0.242 e. The number of benzene rings is 1. The van der Waals surface area contributed by atoms with Crippen molar-refractivity contribution in [2.75, 3.05) is 18.0 Å². The number of nitrogens with zero attached hydrogens (tertiary/aromatic N) is 1. The summed E-state index contributed by atoms with van der Waals surface area (Å²) in [7, 11) is 0. The van der Waals surface area contributed by atoms with Crippen molar-refractivity contribution in [3.8, 4) is 0 Å². The van der Waals surface area contributed by atoms with Crippen LogP contribution in [0, 0.1) is 5.82 Å². The van der Waals surface area contributed by atoms with Crippen LogP contribution in [0.2, 0.25) is 0 Å². The quantitative estimate of drug-likeness (QED) is 0.778. The molecule has 1 aliphatic rings.